The Kier molecular flexibility index (Phi) is 4.01. The average Bonchev–Trinajstić information content (AvgIpc) is 3.06. The van der Waals surface area contributed by atoms with E-state index in [0.717, 1.165) is 5.39 Å². The number of carbonyl (C=O) groups excluding carboxylic acids is 1. The van der Waals surface area contributed by atoms with Crippen molar-refractivity contribution in [2.45, 2.75) is 12.5 Å². The second-order valence-electron chi connectivity index (χ2n) is 5.03. The molecule has 23 heavy (non-hydrogen) atoms. The summed E-state index contributed by atoms with van der Waals surface area (Å²) in [5.41, 5.74) is 1.52. The van der Waals surface area contributed by atoms with Crippen LogP contribution in [-0.4, -0.2) is 38.0 Å². The Bertz CT molecular complexity index is 840. The molecule has 0 saturated heterocycles. The van der Waals surface area contributed by atoms with Crippen LogP contribution in [0.3, 0.4) is 0 Å². The maximum absolute atomic E-state index is 12.5. The topological polar surface area (TPSA) is 108 Å². The Morgan fingerprint density at radius 1 is 1.26 bits per heavy atom. The first-order valence-corrected chi connectivity index (χ1v) is 7.00. The van der Waals surface area contributed by atoms with Gasteiger partial charge in [0.2, 0.25) is 0 Å². The predicted octanol–water partition coefficient (Wildman–Crippen LogP) is 1.38. The van der Waals surface area contributed by atoms with E-state index in [1.807, 2.05) is 12.1 Å². The van der Waals surface area contributed by atoms with Gasteiger partial charge in [-0.3, -0.25) is 9.78 Å². The van der Waals surface area contributed by atoms with Gasteiger partial charge >= 0.3 is 5.97 Å². The molecule has 2 heterocycles. The zero-order valence-electron chi connectivity index (χ0n) is 12.1. The van der Waals surface area contributed by atoms with Crippen LogP contribution in [0.4, 0.5) is 0 Å². The van der Waals surface area contributed by atoms with E-state index in [4.69, 9.17) is 0 Å². The highest BCUT2D eigenvalue weighted by molar-refractivity contribution is 6.06. The number of aliphatic carboxylic acids is 1. The van der Waals surface area contributed by atoms with E-state index >= 15 is 0 Å². The summed E-state index contributed by atoms with van der Waals surface area (Å²) in [7, 11) is 0. The molecule has 0 spiro atoms. The number of carbonyl (C=O) groups is 2. The lowest BCUT2D eigenvalue weighted by molar-refractivity contribution is -0.139. The van der Waals surface area contributed by atoms with Crippen LogP contribution in [-0.2, 0) is 11.2 Å². The largest absolute Gasteiger partial charge is 0.480 e. The summed E-state index contributed by atoms with van der Waals surface area (Å²) in [6.45, 7) is 0. The lowest BCUT2D eigenvalue weighted by Gasteiger charge is -2.14. The van der Waals surface area contributed by atoms with E-state index in [-0.39, 0.29) is 6.42 Å². The molecule has 1 amide bonds. The smallest absolute Gasteiger partial charge is 0.326 e. The third-order valence-electron chi connectivity index (χ3n) is 3.46. The van der Waals surface area contributed by atoms with Gasteiger partial charge in [0.25, 0.3) is 5.91 Å². The van der Waals surface area contributed by atoms with Gasteiger partial charge in [-0.25, -0.2) is 9.78 Å². The normalized spacial score (nSPS) is 12.0. The third-order valence-corrected chi connectivity index (χ3v) is 3.46. The van der Waals surface area contributed by atoms with Crippen LogP contribution >= 0.6 is 0 Å². The number of amides is 1. The molecule has 116 valence electrons. The number of carboxylic acids is 1. The summed E-state index contributed by atoms with van der Waals surface area (Å²) in [6.07, 6.45) is 4.71. The van der Waals surface area contributed by atoms with Crippen molar-refractivity contribution >= 4 is 22.8 Å². The minimum atomic E-state index is -1.11. The highest BCUT2D eigenvalue weighted by atomic mass is 16.4. The Morgan fingerprint density at radius 2 is 2.09 bits per heavy atom. The lowest BCUT2D eigenvalue weighted by atomic mass is 10.1. The molecule has 2 aromatic heterocycles. The average molecular weight is 310 g/mol. The number of nitrogens with one attached hydrogen (secondary N) is 2. The molecule has 0 aliphatic heterocycles. The summed E-state index contributed by atoms with van der Waals surface area (Å²) in [4.78, 5) is 34.7. The van der Waals surface area contributed by atoms with Crippen molar-refractivity contribution in [1.29, 1.82) is 0 Å². The van der Waals surface area contributed by atoms with Gasteiger partial charge in [0, 0.05) is 29.9 Å². The second kappa shape index (κ2) is 6.27. The first-order chi connectivity index (χ1) is 11.1. The number of pyridine rings is 1. The number of hydrogen-bond donors (Lipinski definition) is 3. The minimum Gasteiger partial charge on any atom is -0.480 e. The number of carboxylic acid groups (broad SMARTS) is 1. The van der Waals surface area contributed by atoms with Crippen LogP contribution in [0.5, 0.6) is 0 Å². The van der Waals surface area contributed by atoms with E-state index in [1.54, 1.807) is 24.4 Å². The molecule has 7 nitrogen and oxygen atoms in total. The number of nitrogens with zero attached hydrogens (tertiary/aromatic N) is 2. The second-order valence-corrected chi connectivity index (χ2v) is 5.03. The molecule has 0 saturated carbocycles. The third kappa shape index (κ3) is 3.18. The molecule has 3 aromatic rings. The Labute approximate surface area is 131 Å². The van der Waals surface area contributed by atoms with Gasteiger partial charge in [-0.1, -0.05) is 18.2 Å². The molecule has 0 radical (unpaired) electrons. The summed E-state index contributed by atoms with van der Waals surface area (Å²) in [6, 6.07) is 7.78. The van der Waals surface area contributed by atoms with Crippen LogP contribution < -0.4 is 5.32 Å². The highest BCUT2D eigenvalue weighted by Crippen LogP contribution is 2.16. The standard InChI is InChI=1S/C16H14N4O3/c21-15(12-5-1-3-10-4-2-6-18-14(10)12)20-13(16(22)23)7-11-8-17-9-19-11/h1-6,8-9,13H,7H2,(H,17,19)(H,20,21)(H,22,23)/t13-/m0/s1. The fraction of sp³-hybridized carbons (Fsp3) is 0.125. The van der Waals surface area contributed by atoms with E-state index in [2.05, 4.69) is 20.3 Å². The van der Waals surface area contributed by atoms with Crippen molar-refractivity contribution in [2.24, 2.45) is 0 Å². The number of H-pyrrole nitrogens is 1. The minimum absolute atomic E-state index is 0.124. The van der Waals surface area contributed by atoms with Gasteiger partial charge < -0.3 is 15.4 Å². The summed E-state index contributed by atoms with van der Waals surface area (Å²) in [5.74, 6) is -1.58. The maximum atomic E-state index is 12.5. The monoisotopic (exact) mass is 310 g/mol. The van der Waals surface area contributed by atoms with Crippen LogP contribution in [0.1, 0.15) is 16.1 Å². The van der Waals surface area contributed by atoms with Gasteiger partial charge in [-0.15, -0.1) is 0 Å². The maximum Gasteiger partial charge on any atom is 0.326 e. The Balaban J connectivity index is 1.85. The molecule has 0 aliphatic rings. The number of imidazole rings is 1. The predicted molar refractivity (Wildman–Crippen MR) is 82.9 cm³/mol. The summed E-state index contributed by atoms with van der Waals surface area (Å²) >= 11 is 0. The summed E-state index contributed by atoms with van der Waals surface area (Å²) < 4.78 is 0. The van der Waals surface area contributed by atoms with Crippen molar-refractivity contribution in [3.63, 3.8) is 0 Å². The number of aromatic amines is 1. The number of aromatic nitrogens is 3. The van der Waals surface area contributed by atoms with E-state index < -0.39 is 17.9 Å². The van der Waals surface area contributed by atoms with E-state index in [0.29, 0.717) is 16.8 Å². The molecule has 3 N–H and O–H groups in total. The fourth-order valence-electron chi connectivity index (χ4n) is 2.34. The van der Waals surface area contributed by atoms with Crippen molar-refractivity contribution in [3.05, 3.63) is 60.3 Å². The van der Waals surface area contributed by atoms with Gasteiger partial charge in [-0.05, 0) is 12.1 Å². The molecule has 7 heteroatoms. The van der Waals surface area contributed by atoms with Gasteiger partial charge in [-0.2, -0.15) is 0 Å². The van der Waals surface area contributed by atoms with Gasteiger partial charge in [0.05, 0.1) is 17.4 Å². The molecule has 0 bridgehead atoms. The number of rotatable bonds is 5. The number of fused-ring (bicyclic) bond motifs is 1. The molecule has 3 rings (SSSR count). The van der Waals surface area contributed by atoms with Crippen molar-refractivity contribution in [1.82, 2.24) is 20.3 Å². The number of para-hydroxylation sites is 1. The van der Waals surface area contributed by atoms with Gasteiger partial charge in [0.1, 0.15) is 6.04 Å². The molecular formula is C16H14N4O3. The van der Waals surface area contributed by atoms with E-state index in [1.165, 1.54) is 12.5 Å². The fourth-order valence-corrected chi connectivity index (χ4v) is 2.34. The zero-order chi connectivity index (χ0) is 16.2. The number of hydrogen-bond acceptors (Lipinski definition) is 4. The summed E-state index contributed by atoms with van der Waals surface area (Å²) in [5, 5.41) is 12.7. The molecular weight excluding hydrogens is 296 g/mol. The molecule has 0 aliphatic carbocycles. The molecule has 0 unspecified atom stereocenters. The molecule has 0 fully saturated rings. The Morgan fingerprint density at radius 3 is 2.83 bits per heavy atom. The van der Waals surface area contributed by atoms with E-state index in [9.17, 15) is 14.7 Å². The van der Waals surface area contributed by atoms with Crippen molar-refractivity contribution in [2.75, 3.05) is 0 Å². The van der Waals surface area contributed by atoms with Gasteiger partial charge in [0.15, 0.2) is 0 Å². The molecule has 1 atom stereocenters. The highest BCUT2D eigenvalue weighted by Gasteiger charge is 2.22. The van der Waals surface area contributed by atoms with Crippen LogP contribution in [0.2, 0.25) is 0 Å². The first-order valence-electron chi connectivity index (χ1n) is 7.00. The molecule has 1 aromatic carbocycles. The van der Waals surface area contributed by atoms with Crippen molar-refractivity contribution in [3.8, 4) is 0 Å². The van der Waals surface area contributed by atoms with Crippen LogP contribution in [0, 0.1) is 0 Å². The lowest BCUT2D eigenvalue weighted by Crippen LogP contribution is -2.42. The van der Waals surface area contributed by atoms with Crippen molar-refractivity contribution < 1.29 is 14.7 Å². The van der Waals surface area contributed by atoms with Crippen LogP contribution in [0.25, 0.3) is 10.9 Å². The quantitative estimate of drug-likeness (QED) is 0.660. The first kappa shape index (κ1) is 14.7. The Hall–Kier alpha value is -3.22. The zero-order valence-corrected chi connectivity index (χ0v) is 12.1. The SMILES string of the molecule is O=C(N[C@@H](Cc1cnc[nH]1)C(=O)O)c1cccc2cccnc12. The number of benzene rings is 1. The van der Waals surface area contributed by atoms with Crippen LogP contribution in [0.15, 0.2) is 49.1 Å².